The molecule has 1 aromatic heterocycles. The number of rotatable bonds is 2. The first-order chi connectivity index (χ1) is 5.54. The minimum Gasteiger partial charge on any atom is -0.480 e. The molecule has 0 aromatic carbocycles. The largest absolute Gasteiger partial charge is 0.480 e. The molecule has 0 saturated heterocycles. The first kappa shape index (κ1) is 8.73. The Morgan fingerprint density at radius 2 is 2.25 bits per heavy atom. The third kappa shape index (κ3) is 1.31. The number of carboxylic acids is 1. The second kappa shape index (κ2) is 2.94. The topological polar surface area (TPSA) is 92.0 Å². The molecule has 0 aliphatic rings. The molecule has 0 bridgehead atoms. The van der Waals surface area contributed by atoms with Crippen molar-refractivity contribution in [2.75, 3.05) is 0 Å². The molecule has 0 fully saturated rings. The van der Waals surface area contributed by atoms with Gasteiger partial charge in [-0.3, -0.25) is 9.89 Å². The number of aromatic nitrogens is 2. The summed E-state index contributed by atoms with van der Waals surface area (Å²) in [5, 5.41) is 15.1. The van der Waals surface area contributed by atoms with Crippen molar-refractivity contribution in [2.45, 2.75) is 19.9 Å². The lowest BCUT2D eigenvalue weighted by Gasteiger charge is -2.02. The van der Waals surface area contributed by atoms with Gasteiger partial charge in [0.1, 0.15) is 6.04 Å². The van der Waals surface area contributed by atoms with Gasteiger partial charge in [0.05, 0.1) is 5.69 Å². The number of aliphatic carboxylic acids is 1. The average Bonchev–Trinajstić information content (AvgIpc) is 2.32. The zero-order chi connectivity index (χ0) is 9.30. The van der Waals surface area contributed by atoms with Crippen LogP contribution < -0.4 is 5.73 Å². The molecular weight excluding hydrogens is 158 g/mol. The summed E-state index contributed by atoms with van der Waals surface area (Å²) < 4.78 is 0. The predicted molar refractivity (Wildman–Crippen MR) is 42.6 cm³/mol. The molecule has 1 heterocycles. The van der Waals surface area contributed by atoms with E-state index >= 15 is 0 Å². The van der Waals surface area contributed by atoms with Gasteiger partial charge < -0.3 is 10.8 Å². The number of nitrogens with one attached hydrogen (secondary N) is 1. The number of hydrogen-bond donors (Lipinski definition) is 3. The molecule has 0 spiro atoms. The minimum absolute atomic E-state index is 0.403. The van der Waals surface area contributed by atoms with Crippen LogP contribution in [0.15, 0.2) is 0 Å². The fourth-order valence-corrected chi connectivity index (χ4v) is 0.924. The van der Waals surface area contributed by atoms with Crippen molar-refractivity contribution in [1.29, 1.82) is 0 Å². The number of hydrogen-bond acceptors (Lipinski definition) is 3. The van der Waals surface area contributed by atoms with Gasteiger partial charge in [-0.25, -0.2) is 0 Å². The van der Waals surface area contributed by atoms with E-state index in [0.717, 1.165) is 11.3 Å². The summed E-state index contributed by atoms with van der Waals surface area (Å²) >= 11 is 0. The van der Waals surface area contributed by atoms with Crippen molar-refractivity contribution >= 4 is 5.97 Å². The molecule has 1 rings (SSSR count). The monoisotopic (exact) mass is 169 g/mol. The Balaban J connectivity index is 3.03. The first-order valence-corrected chi connectivity index (χ1v) is 3.54. The summed E-state index contributed by atoms with van der Waals surface area (Å²) in [7, 11) is 0. The number of carbonyl (C=O) groups is 1. The zero-order valence-corrected chi connectivity index (χ0v) is 6.96. The average molecular weight is 169 g/mol. The molecule has 4 N–H and O–H groups in total. The predicted octanol–water partition coefficient (Wildman–Crippen LogP) is 0.111. The number of nitrogens with zero attached hydrogens (tertiary/aromatic N) is 1. The van der Waals surface area contributed by atoms with Crippen molar-refractivity contribution in [3.63, 3.8) is 0 Å². The number of aryl methyl sites for hydroxylation is 1. The van der Waals surface area contributed by atoms with E-state index in [1.807, 2.05) is 6.92 Å². The van der Waals surface area contributed by atoms with E-state index in [-0.39, 0.29) is 0 Å². The van der Waals surface area contributed by atoms with Gasteiger partial charge >= 0.3 is 5.97 Å². The standard InChI is InChI=1S/C7H11N3O2/c1-3-4(2)9-10-6(3)5(8)7(11)12/h5H,8H2,1-2H3,(H,9,10)(H,11,12). The Labute approximate surface area is 69.6 Å². The molecule has 0 saturated carbocycles. The zero-order valence-electron chi connectivity index (χ0n) is 6.96. The Kier molecular flexibility index (Phi) is 2.14. The van der Waals surface area contributed by atoms with Gasteiger partial charge in [-0.2, -0.15) is 5.10 Å². The number of carboxylic acid groups (broad SMARTS) is 1. The van der Waals surface area contributed by atoms with Crippen molar-refractivity contribution in [1.82, 2.24) is 10.2 Å². The SMILES string of the molecule is Cc1[nH]nc(C(N)C(=O)O)c1C. The number of nitrogens with two attached hydrogens (primary N) is 1. The van der Waals surface area contributed by atoms with Gasteiger partial charge in [0.25, 0.3) is 0 Å². The van der Waals surface area contributed by atoms with Gasteiger partial charge in [-0.1, -0.05) is 0 Å². The molecule has 1 atom stereocenters. The summed E-state index contributed by atoms with van der Waals surface area (Å²) in [5.41, 5.74) is 7.43. The third-order valence-corrected chi connectivity index (χ3v) is 1.85. The Morgan fingerprint density at radius 1 is 1.67 bits per heavy atom. The van der Waals surface area contributed by atoms with E-state index in [1.54, 1.807) is 6.92 Å². The molecule has 0 amide bonds. The van der Waals surface area contributed by atoms with Gasteiger partial charge in [-0.15, -0.1) is 0 Å². The maximum atomic E-state index is 10.5. The van der Waals surface area contributed by atoms with Crippen molar-refractivity contribution < 1.29 is 9.90 Å². The van der Waals surface area contributed by atoms with Crippen LogP contribution in [0, 0.1) is 13.8 Å². The molecule has 5 heteroatoms. The molecule has 12 heavy (non-hydrogen) atoms. The van der Waals surface area contributed by atoms with E-state index in [1.165, 1.54) is 0 Å². The fourth-order valence-electron chi connectivity index (χ4n) is 0.924. The lowest BCUT2D eigenvalue weighted by molar-refractivity contribution is -0.138. The molecule has 1 aromatic rings. The van der Waals surface area contributed by atoms with Crippen LogP contribution in [0.5, 0.6) is 0 Å². The van der Waals surface area contributed by atoms with E-state index in [9.17, 15) is 4.79 Å². The highest BCUT2D eigenvalue weighted by Crippen LogP contribution is 2.14. The van der Waals surface area contributed by atoms with Gasteiger partial charge in [-0.05, 0) is 19.4 Å². The fraction of sp³-hybridized carbons (Fsp3) is 0.429. The molecule has 0 radical (unpaired) electrons. The Hall–Kier alpha value is -1.36. The van der Waals surface area contributed by atoms with Gasteiger partial charge in [0, 0.05) is 5.69 Å². The summed E-state index contributed by atoms with van der Waals surface area (Å²) in [5.74, 6) is -1.07. The summed E-state index contributed by atoms with van der Waals surface area (Å²) in [6.45, 7) is 3.61. The lowest BCUT2D eigenvalue weighted by atomic mass is 10.1. The van der Waals surface area contributed by atoms with Crippen LogP contribution in [-0.4, -0.2) is 21.3 Å². The molecule has 1 unspecified atom stereocenters. The van der Waals surface area contributed by atoms with E-state index in [0.29, 0.717) is 5.69 Å². The smallest absolute Gasteiger partial charge is 0.326 e. The molecule has 0 aliphatic heterocycles. The van der Waals surface area contributed by atoms with E-state index < -0.39 is 12.0 Å². The quantitative estimate of drug-likeness (QED) is 0.586. The minimum atomic E-state index is -1.07. The van der Waals surface area contributed by atoms with E-state index in [4.69, 9.17) is 10.8 Å². The van der Waals surface area contributed by atoms with Crippen molar-refractivity contribution in [3.8, 4) is 0 Å². The van der Waals surface area contributed by atoms with Crippen molar-refractivity contribution in [3.05, 3.63) is 17.0 Å². The normalized spacial score (nSPS) is 12.9. The van der Waals surface area contributed by atoms with Crippen LogP contribution in [0.4, 0.5) is 0 Å². The lowest BCUT2D eigenvalue weighted by Crippen LogP contribution is -2.21. The van der Waals surface area contributed by atoms with E-state index in [2.05, 4.69) is 10.2 Å². The highest BCUT2D eigenvalue weighted by Gasteiger charge is 2.19. The van der Waals surface area contributed by atoms with Crippen LogP contribution in [0.1, 0.15) is 23.0 Å². The summed E-state index contributed by atoms with van der Waals surface area (Å²) in [6, 6.07) is -1.03. The van der Waals surface area contributed by atoms with Crippen molar-refractivity contribution in [2.24, 2.45) is 5.73 Å². The number of aromatic amines is 1. The Morgan fingerprint density at radius 3 is 2.58 bits per heavy atom. The second-order valence-corrected chi connectivity index (χ2v) is 2.67. The summed E-state index contributed by atoms with van der Waals surface area (Å²) in [4.78, 5) is 10.5. The third-order valence-electron chi connectivity index (χ3n) is 1.85. The maximum Gasteiger partial charge on any atom is 0.326 e. The summed E-state index contributed by atoms with van der Waals surface area (Å²) in [6.07, 6.45) is 0. The van der Waals surface area contributed by atoms with Crippen LogP contribution in [0.2, 0.25) is 0 Å². The second-order valence-electron chi connectivity index (χ2n) is 2.67. The Bertz CT molecular complexity index is 306. The molecule has 5 nitrogen and oxygen atoms in total. The van der Waals surface area contributed by atoms with Gasteiger partial charge in [0.15, 0.2) is 0 Å². The van der Waals surface area contributed by atoms with Crippen LogP contribution in [0.3, 0.4) is 0 Å². The van der Waals surface area contributed by atoms with Crippen LogP contribution in [-0.2, 0) is 4.79 Å². The highest BCUT2D eigenvalue weighted by atomic mass is 16.4. The molecule has 0 aliphatic carbocycles. The number of H-pyrrole nitrogens is 1. The molecular formula is C7H11N3O2. The van der Waals surface area contributed by atoms with Crippen LogP contribution in [0.25, 0.3) is 0 Å². The van der Waals surface area contributed by atoms with Crippen LogP contribution >= 0.6 is 0 Å². The molecule has 66 valence electrons. The maximum absolute atomic E-state index is 10.5. The first-order valence-electron chi connectivity index (χ1n) is 3.54. The highest BCUT2D eigenvalue weighted by molar-refractivity contribution is 5.75. The van der Waals surface area contributed by atoms with Gasteiger partial charge in [0.2, 0.25) is 0 Å².